The third kappa shape index (κ3) is 3.55. The third-order valence-electron chi connectivity index (χ3n) is 3.28. The molecule has 1 saturated carbocycles. The highest BCUT2D eigenvalue weighted by molar-refractivity contribution is 5.78. The Labute approximate surface area is 101 Å². The second kappa shape index (κ2) is 5.80. The smallest absolute Gasteiger partial charge is 0.224 e. The molecule has 0 bridgehead atoms. The highest BCUT2D eigenvalue weighted by atomic mass is 19.1. The summed E-state index contributed by atoms with van der Waals surface area (Å²) in [5.74, 6) is -0.367. The second-order valence-corrected chi connectivity index (χ2v) is 4.67. The van der Waals surface area contributed by atoms with Gasteiger partial charge in [-0.15, -0.1) is 0 Å². The van der Waals surface area contributed by atoms with Gasteiger partial charge in [0.25, 0.3) is 0 Å². The van der Waals surface area contributed by atoms with E-state index in [0.717, 1.165) is 12.8 Å². The predicted octanol–water partition coefficient (Wildman–Crippen LogP) is 2.82. The number of hydrogen-bond acceptors (Lipinski definition) is 1. The van der Waals surface area contributed by atoms with Gasteiger partial charge in [-0.2, -0.15) is 0 Å². The molecule has 1 aromatic carbocycles. The maximum Gasteiger partial charge on any atom is 0.224 e. The summed E-state index contributed by atoms with van der Waals surface area (Å²) in [5.41, 5.74) is 0.473. The Morgan fingerprint density at radius 2 is 1.94 bits per heavy atom. The summed E-state index contributed by atoms with van der Waals surface area (Å²) in [6, 6.07) is 6.74. The third-order valence-corrected chi connectivity index (χ3v) is 3.28. The molecule has 0 atom stereocenters. The monoisotopic (exact) mass is 235 g/mol. The van der Waals surface area contributed by atoms with Crippen molar-refractivity contribution >= 4 is 5.91 Å². The summed E-state index contributed by atoms with van der Waals surface area (Å²) < 4.78 is 13.3. The topological polar surface area (TPSA) is 29.1 Å². The number of amides is 1. The molecule has 0 radical (unpaired) electrons. The van der Waals surface area contributed by atoms with Crippen LogP contribution in [0.3, 0.4) is 0 Å². The van der Waals surface area contributed by atoms with Gasteiger partial charge in [0.1, 0.15) is 5.82 Å². The molecule has 92 valence electrons. The Morgan fingerprint density at radius 1 is 1.24 bits per heavy atom. The molecule has 2 rings (SSSR count). The van der Waals surface area contributed by atoms with Crippen molar-refractivity contribution < 1.29 is 9.18 Å². The Hall–Kier alpha value is -1.38. The predicted molar refractivity (Wildman–Crippen MR) is 65.1 cm³/mol. The van der Waals surface area contributed by atoms with Crippen LogP contribution >= 0.6 is 0 Å². The first kappa shape index (κ1) is 12.1. The standard InChI is InChI=1S/C14H18FNO/c15-13-9-5-4-6-11(13)10-14(17)16-12-7-2-1-3-8-12/h4-6,9,12H,1-3,7-8,10H2,(H,16,17). The summed E-state index contributed by atoms with van der Waals surface area (Å²) in [5, 5.41) is 2.99. The van der Waals surface area contributed by atoms with Gasteiger partial charge in [0, 0.05) is 6.04 Å². The molecule has 0 aromatic heterocycles. The van der Waals surface area contributed by atoms with Gasteiger partial charge in [0.2, 0.25) is 5.91 Å². The van der Waals surface area contributed by atoms with E-state index >= 15 is 0 Å². The van der Waals surface area contributed by atoms with E-state index in [0.29, 0.717) is 11.6 Å². The van der Waals surface area contributed by atoms with E-state index in [1.54, 1.807) is 18.2 Å². The Balaban J connectivity index is 1.86. The van der Waals surface area contributed by atoms with Crippen LogP contribution in [0.1, 0.15) is 37.7 Å². The van der Waals surface area contributed by atoms with Crippen molar-refractivity contribution in [1.29, 1.82) is 0 Å². The minimum Gasteiger partial charge on any atom is -0.353 e. The van der Waals surface area contributed by atoms with E-state index in [1.807, 2.05) is 0 Å². The van der Waals surface area contributed by atoms with Crippen LogP contribution in [0, 0.1) is 5.82 Å². The minimum atomic E-state index is -0.300. The summed E-state index contributed by atoms with van der Waals surface area (Å²) in [6.45, 7) is 0. The molecule has 0 aliphatic heterocycles. The highest BCUT2D eigenvalue weighted by Crippen LogP contribution is 2.17. The van der Waals surface area contributed by atoms with Gasteiger partial charge in [-0.3, -0.25) is 4.79 Å². The van der Waals surface area contributed by atoms with E-state index < -0.39 is 0 Å². The SMILES string of the molecule is O=C(Cc1ccccc1F)NC1CCCCC1. The molecular weight excluding hydrogens is 217 g/mol. The van der Waals surface area contributed by atoms with Crippen LogP contribution in [0.25, 0.3) is 0 Å². The van der Waals surface area contributed by atoms with Crippen molar-refractivity contribution in [2.75, 3.05) is 0 Å². The van der Waals surface area contributed by atoms with Crippen molar-refractivity contribution in [1.82, 2.24) is 5.32 Å². The molecule has 3 heteroatoms. The number of carbonyl (C=O) groups is 1. The highest BCUT2D eigenvalue weighted by Gasteiger charge is 2.16. The summed E-state index contributed by atoms with van der Waals surface area (Å²) in [6.07, 6.45) is 5.89. The van der Waals surface area contributed by atoms with Crippen molar-refractivity contribution in [2.45, 2.75) is 44.6 Å². The molecule has 1 amide bonds. The van der Waals surface area contributed by atoms with Crippen molar-refractivity contribution in [3.05, 3.63) is 35.6 Å². The van der Waals surface area contributed by atoms with Gasteiger partial charge < -0.3 is 5.32 Å². The fourth-order valence-corrected chi connectivity index (χ4v) is 2.34. The van der Waals surface area contributed by atoms with Gasteiger partial charge >= 0.3 is 0 Å². The van der Waals surface area contributed by atoms with Crippen molar-refractivity contribution in [3.63, 3.8) is 0 Å². The summed E-state index contributed by atoms with van der Waals surface area (Å²) >= 11 is 0. The number of nitrogens with one attached hydrogen (secondary N) is 1. The second-order valence-electron chi connectivity index (χ2n) is 4.67. The first-order valence-electron chi connectivity index (χ1n) is 6.28. The number of hydrogen-bond donors (Lipinski definition) is 1. The molecule has 17 heavy (non-hydrogen) atoms. The first-order chi connectivity index (χ1) is 8.25. The Bertz CT molecular complexity index is 386. The van der Waals surface area contributed by atoms with Crippen LogP contribution < -0.4 is 5.32 Å². The zero-order valence-electron chi connectivity index (χ0n) is 9.92. The van der Waals surface area contributed by atoms with Crippen LogP contribution in [-0.2, 0) is 11.2 Å². The zero-order valence-corrected chi connectivity index (χ0v) is 9.92. The van der Waals surface area contributed by atoms with Crippen LogP contribution in [-0.4, -0.2) is 11.9 Å². The summed E-state index contributed by atoms with van der Waals surface area (Å²) in [4.78, 5) is 11.8. The lowest BCUT2D eigenvalue weighted by Gasteiger charge is -2.22. The molecule has 1 N–H and O–H groups in total. The molecule has 0 unspecified atom stereocenters. The van der Waals surface area contributed by atoms with Crippen LogP contribution in [0.15, 0.2) is 24.3 Å². The molecule has 0 heterocycles. The zero-order chi connectivity index (χ0) is 12.1. The number of rotatable bonds is 3. The average Bonchev–Trinajstić information content (AvgIpc) is 2.33. The Kier molecular flexibility index (Phi) is 4.13. The van der Waals surface area contributed by atoms with E-state index in [4.69, 9.17) is 0 Å². The lowest BCUT2D eigenvalue weighted by atomic mass is 9.95. The fourth-order valence-electron chi connectivity index (χ4n) is 2.34. The number of benzene rings is 1. The molecule has 0 saturated heterocycles. The molecule has 1 fully saturated rings. The van der Waals surface area contributed by atoms with Gasteiger partial charge in [-0.25, -0.2) is 4.39 Å². The van der Waals surface area contributed by atoms with Crippen molar-refractivity contribution in [2.24, 2.45) is 0 Å². The van der Waals surface area contributed by atoms with Gasteiger partial charge in [-0.05, 0) is 24.5 Å². The lowest BCUT2D eigenvalue weighted by molar-refractivity contribution is -0.121. The van der Waals surface area contributed by atoms with E-state index in [1.165, 1.54) is 25.3 Å². The van der Waals surface area contributed by atoms with Gasteiger partial charge in [-0.1, -0.05) is 37.5 Å². The molecule has 1 aliphatic carbocycles. The van der Waals surface area contributed by atoms with Crippen LogP contribution in [0.5, 0.6) is 0 Å². The van der Waals surface area contributed by atoms with E-state index in [2.05, 4.69) is 5.32 Å². The largest absolute Gasteiger partial charge is 0.353 e. The molecule has 0 spiro atoms. The van der Waals surface area contributed by atoms with Crippen LogP contribution in [0.2, 0.25) is 0 Å². The molecule has 1 aromatic rings. The van der Waals surface area contributed by atoms with Gasteiger partial charge in [0.15, 0.2) is 0 Å². The maximum absolute atomic E-state index is 13.3. The lowest BCUT2D eigenvalue weighted by Crippen LogP contribution is -2.37. The minimum absolute atomic E-state index is 0.0676. The maximum atomic E-state index is 13.3. The van der Waals surface area contributed by atoms with Crippen molar-refractivity contribution in [3.8, 4) is 0 Å². The molecule has 1 aliphatic rings. The van der Waals surface area contributed by atoms with E-state index in [9.17, 15) is 9.18 Å². The normalized spacial score (nSPS) is 16.8. The number of halogens is 1. The Morgan fingerprint density at radius 3 is 2.65 bits per heavy atom. The molecular formula is C14H18FNO. The number of carbonyl (C=O) groups excluding carboxylic acids is 1. The van der Waals surface area contributed by atoms with E-state index in [-0.39, 0.29) is 18.1 Å². The van der Waals surface area contributed by atoms with Crippen LogP contribution in [0.4, 0.5) is 4.39 Å². The average molecular weight is 235 g/mol. The summed E-state index contributed by atoms with van der Waals surface area (Å²) in [7, 11) is 0. The van der Waals surface area contributed by atoms with Gasteiger partial charge in [0.05, 0.1) is 6.42 Å². The molecule has 2 nitrogen and oxygen atoms in total. The first-order valence-corrected chi connectivity index (χ1v) is 6.28. The quantitative estimate of drug-likeness (QED) is 0.857. The fraction of sp³-hybridized carbons (Fsp3) is 0.500.